The van der Waals surface area contributed by atoms with Crippen molar-refractivity contribution in [3.8, 4) is 0 Å². The summed E-state index contributed by atoms with van der Waals surface area (Å²) in [7, 11) is 0. The number of hydrogen-bond acceptors (Lipinski definition) is 1. The highest BCUT2D eigenvalue weighted by Crippen LogP contribution is 2.03. The van der Waals surface area contributed by atoms with Gasteiger partial charge < -0.3 is 5.32 Å². The van der Waals surface area contributed by atoms with Crippen LogP contribution in [0.3, 0.4) is 0 Å². The van der Waals surface area contributed by atoms with Gasteiger partial charge in [-0.2, -0.15) is 0 Å². The van der Waals surface area contributed by atoms with Gasteiger partial charge >= 0.3 is 0 Å². The Bertz CT molecular complexity index is 260. The molecule has 0 aliphatic heterocycles. The maximum Gasteiger partial charge on any atom is 0.0906 e. The minimum atomic E-state index is -0.225. The van der Waals surface area contributed by atoms with Gasteiger partial charge in [-0.25, -0.2) is 0 Å². The summed E-state index contributed by atoms with van der Waals surface area (Å²) in [5.41, 5.74) is 2.64. The minimum Gasteiger partial charge on any atom is -0.316 e. The summed E-state index contributed by atoms with van der Waals surface area (Å²) in [5.74, 6) is 0. The van der Waals surface area contributed by atoms with Gasteiger partial charge in [0.1, 0.15) is 0 Å². The number of benzene rings is 1. The monoisotopic (exact) mass is 195 g/mol. The predicted octanol–water partition coefficient (Wildman–Crippen LogP) is 2.49. The standard InChI is InChI=1S/C12H18FN/c1-11-4-2-5-12(10-11)6-9-14-8-3-7-13/h2,4-5,10,14H,3,6-9H2,1H3. The predicted molar refractivity (Wildman–Crippen MR) is 58.3 cm³/mol. The Kier molecular flexibility index (Phi) is 5.23. The van der Waals surface area contributed by atoms with Crippen LogP contribution in [0.25, 0.3) is 0 Å². The molecule has 0 atom stereocenters. The SMILES string of the molecule is Cc1cccc(CCNCCCF)c1. The van der Waals surface area contributed by atoms with E-state index >= 15 is 0 Å². The first-order valence-electron chi connectivity index (χ1n) is 5.15. The van der Waals surface area contributed by atoms with Crippen LogP contribution < -0.4 is 5.32 Å². The fraction of sp³-hybridized carbons (Fsp3) is 0.500. The highest BCUT2D eigenvalue weighted by Gasteiger charge is 1.93. The van der Waals surface area contributed by atoms with E-state index in [0.717, 1.165) is 19.5 Å². The molecule has 0 saturated heterocycles. The lowest BCUT2D eigenvalue weighted by molar-refractivity contribution is 0.460. The van der Waals surface area contributed by atoms with Gasteiger partial charge in [0, 0.05) is 0 Å². The summed E-state index contributed by atoms with van der Waals surface area (Å²) in [5, 5.41) is 3.21. The molecule has 0 heterocycles. The lowest BCUT2D eigenvalue weighted by atomic mass is 10.1. The summed E-state index contributed by atoms with van der Waals surface area (Å²) in [6.45, 7) is 3.59. The molecule has 2 heteroatoms. The average Bonchev–Trinajstić information content (AvgIpc) is 2.18. The van der Waals surface area contributed by atoms with E-state index in [9.17, 15) is 4.39 Å². The van der Waals surface area contributed by atoms with Gasteiger partial charge in [0.15, 0.2) is 0 Å². The molecule has 1 aromatic carbocycles. The molecule has 0 aliphatic carbocycles. The zero-order valence-electron chi connectivity index (χ0n) is 8.72. The molecule has 0 unspecified atom stereocenters. The van der Waals surface area contributed by atoms with Crippen LogP contribution in [-0.2, 0) is 6.42 Å². The lowest BCUT2D eigenvalue weighted by Crippen LogP contribution is -2.18. The first-order valence-corrected chi connectivity index (χ1v) is 5.15. The summed E-state index contributed by atoms with van der Waals surface area (Å²) in [6, 6.07) is 8.49. The molecule has 0 bridgehead atoms. The van der Waals surface area contributed by atoms with Gasteiger partial charge in [-0.3, -0.25) is 4.39 Å². The first-order chi connectivity index (χ1) is 6.83. The molecule has 14 heavy (non-hydrogen) atoms. The van der Waals surface area contributed by atoms with Crippen molar-refractivity contribution in [2.24, 2.45) is 0 Å². The third-order valence-corrected chi connectivity index (χ3v) is 2.16. The number of alkyl halides is 1. The fourth-order valence-corrected chi connectivity index (χ4v) is 1.42. The number of halogens is 1. The van der Waals surface area contributed by atoms with Crippen molar-refractivity contribution in [1.82, 2.24) is 5.32 Å². The van der Waals surface area contributed by atoms with Crippen LogP contribution in [0.4, 0.5) is 4.39 Å². The van der Waals surface area contributed by atoms with Crippen LogP contribution in [0.15, 0.2) is 24.3 Å². The van der Waals surface area contributed by atoms with Gasteiger partial charge in [0.2, 0.25) is 0 Å². The maximum absolute atomic E-state index is 11.8. The minimum absolute atomic E-state index is 0.225. The van der Waals surface area contributed by atoms with E-state index < -0.39 is 0 Å². The second-order valence-electron chi connectivity index (χ2n) is 3.53. The lowest BCUT2D eigenvalue weighted by Gasteiger charge is -2.04. The van der Waals surface area contributed by atoms with Crippen LogP contribution in [0.5, 0.6) is 0 Å². The third kappa shape index (κ3) is 4.38. The van der Waals surface area contributed by atoms with Crippen molar-refractivity contribution < 1.29 is 4.39 Å². The van der Waals surface area contributed by atoms with Crippen LogP contribution in [0.2, 0.25) is 0 Å². The van der Waals surface area contributed by atoms with E-state index in [1.54, 1.807) is 0 Å². The Morgan fingerprint density at radius 2 is 2.14 bits per heavy atom. The van der Waals surface area contributed by atoms with Crippen molar-refractivity contribution in [1.29, 1.82) is 0 Å². The highest BCUT2D eigenvalue weighted by atomic mass is 19.1. The van der Waals surface area contributed by atoms with Gasteiger partial charge in [-0.15, -0.1) is 0 Å². The van der Waals surface area contributed by atoms with Crippen LogP contribution in [-0.4, -0.2) is 19.8 Å². The zero-order chi connectivity index (χ0) is 10.2. The second-order valence-corrected chi connectivity index (χ2v) is 3.53. The number of aryl methyl sites for hydroxylation is 1. The van der Waals surface area contributed by atoms with Gasteiger partial charge in [0.25, 0.3) is 0 Å². The van der Waals surface area contributed by atoms with Gasteiger partial charge in [0.05, 0.1) is 6.67 Å². The Balaban J connectivity index is 2.18. The van der Waals surface area contributed by atoms with Crippen LogP contribution in [0.1, 0.15) is 17.5 Å². The molecule has 0 amide bonds. The van der Waals surface area contributed by atoms with Crippen molar-refractivity contribution in [3.63, 3.8) is 0 Å². The molecular weight excluding hydrogens is 177 g/mol. The Morgan fingerprint density at radius 1 is 1.29 bits per heavy atom. The van der Waals surface area contributed by atoms with Crippen LogP contribution >= 0.6 is 0 Å². The molecular formula is C12H18FN. The van der Waals surface area contributed by atoms with Crippen molar-refractivity contribution >= 4 is 0 Å². The normalized spacial score (nSPS) is 10.4. The zero-order valence-corrected chi connectivity index (χ0v) is 8.72. The van der Waals surface area contributed by atoms with Crippen LogP contribution in [0, 0.1) is 6.92 Å². The largest absolute Gasteiger partial charge is 0.316 e. The Labute approximate surface area is 85.3 Å². The molecule has 0 aromatic heterocycles. The van der Waals surface area contributed by atoms with Crippen molar-refractivity contribution in [2.75, 3.05) is 19.8 Å². The second kappa shape index (κ2) is 6.55. The highest BCUT2D eigenvalue weighted by molar-refractivity contribution is 5.22. The van der Waals surface area contributed by atoms with Gasteiger partial charge in [-0.05, 0) is 38.4 Å². The molecule has 0 fully saturated rings. The molecule has 0 aliphatic rings. The van der Waals surface area contributed by atoms with E-state index in [-0.39, 0.29) is 6.67 Å². The van der Waals surface area contributed by atoms with E-state index in [4.69, 9.17) is 0 Å². The van der Waals surface area contributed by atoms with E-state index in [0.29, 0.717) is 6.42 Å². The number of nitrogens with one attached hydrogen (secondary N) is 1. The molecule has 1 nitrogen and oxygen atoms in total. The molecule has 1 rings (SSSR count). The molecule has 0 radical (unpaired) electrons. The number of hydrogen-bond donors (Lipinski definition) is 1. The average molecular weight is 195 g/mol. The van der Waals surface area contributed by atoms with Crippen molar-refractivity contribution in [3.05, 3.63) is 35.4 Å². The smallest absolute Gasteiger partial charge is 0.0906 e. The van der Waals surface area contributed by atoms with E-state index in [2.05, 4.69) is 36.5 Å². The quantitative estimate of drug-likeness (QED) is 0.688. The Morgan fingerprint density at radius 3 is 2.86 bits per heavy atom. The van der Waals surface area contributed by atoms with E-state index in [1.165, 1.54) is 11.1 Å². The summed E-state index contributed by atoms with van der Waals surface area (Å²) >= 11 is 0. The summed E-state index contributed by atoms with van der Waals surface area (Å²) in [4.78, 5) is 0. The number of rotatable bonds is 6. The first kappa shape index (κ1) is 11.2. The van der Waals surface area contributed by atoms with Gasteiger partial charge in [-0.1, -0.05) is 29.8 Å². The molecule has 0 spiro atoms. The molecule has 1 aromatic rings. The van der Waals surface area contributed by atoms with E-state index in [1.807, 2.05) is 0 Å². The molecule has 0 saturated carbocycles. The summed E-state index contributed by atoms with van der Waals surface area (Å²) < 4.78 is 11.8. The summed E-state index contributed by atoms with van der Waals surface area (Å²) in [6.07, 6.45) is 1.64. The Hall–Kier alpha value is -0.890. The molecule has 1 N–H and O–H groups in total. The van der Waals surface area contributed by atoms with Crippen molar-refractivity contribution in [2.45, 2.75) is 19.8 Å². The molecule has 78 valence electrons. The maximum atomic E-state index is 11.8. The third-order valence-electron chi connectivity index (χ3n) is 2.16. The topological polar surface area (TPSA) is 12.0 Å². The fourth-order valence-electron chi connectivity index (χ4n) is 1.42.